The van der Waals surface area contributed by atoms with Crippen LogP contribution in [-0.4, -0.2) is 8.07 Å². The van der Waals surface area contributed by atoms with E-state index in [1.165, 1.54) is 18.0 Å². The molecule has 0 spiro atoms. The number of benzene rings is 1. The molecule has 1 heteroatoms. The number of hydrogen-bond acceptors (Lipinski definition) is 0. The average molecular weight is 217 g/mol. The van der Waals surface area contributed by atoms with Crippen molar-refractivity contribution in [1.29, 1.82) is 0 Å². The summed E-state index contributed by atoms with van der Waals surface area (Å²) >= 11 is 0. The Balaban J connectivity index is 2.28. The third-order valence-corrected chi connectivity index (χ3v) is 7.73. The van der Waals surface area contributed by atoms with E-state index in [2.05, 4.69) is 49.5 Å². The molecule has 80 valence electrons. The first-order chi connectivity index (χ1) is 7.60. The van der Waals surface area contributed by atoms with Crippen molar-refractivity contribution in [2.75, 3.05) is 0 Å². The zero-order valence-electron chi connectivity index (χ0n) is 10.7. The maximum absolute atomic E-state index is 7.83. The van der Waals surface area contributed by atoms with Gasteiger partial charge in [0.15, 0.2) is 0 Å². The fraction of sp³-hybridized carbons (Fsp3) is 0.429. The predicted molar refractivity (Wildman–Crippen MR) is 70.3 cm³/mol. The van der Waals surface area contributed by atoms with Gasteiger partial charge in [-0.2, -0.15) is 0 Å². The minimum Gasteiger partial charge on any atom is -0.0885 e. The highest BCUT2D eigenvalue weighted by molar-refractivity contribution is 6.91. The number of rotatable bonds is 2. The van der Waals surface area contributed by atoms with Gasteiger partial charge in [-0.15, -0.1) is 0 Å². The van der Waals surface area contributed by atoms with Crippen LogP contribution in [0.25, 0.3) is 0 Å². The summed E-state index contributed by atoms with van der Waals surface area (Å²) in [4.78, 5) is 0. The van der Waals surface area contributed by atoms with Gasteiger partial charge in [0.25, 0.3) is 0 Å². The summed E-state index contributed by atoms with van der Waals surface area (Å²) < 4.78 is 7.83. The van der Waals surface area contributed by atoms with Crippen LogP contribution in [0.3, 0.4) is 0 Å². The van der Waals surface area contributed by atoms with Crippen molar-refractivity contribution in [3.63, 3.8) is 0 Å². The Morgan fingerprint density at radius 3 is 2.67 bits per heavy atom. The van der Waals surface area contributed by atoms with Gasteiger partial charge in [-0.05, 0) is 24.8 Å². The molecule has 0 saturated carbocycles. The molecule has 0 amide bonds. The molecule has 0 heterocycles. The van der Waals surface area contributed by atoms with E-state index in [0.717, 1.165) is 12.5 Å². The summed E-state index contributed by atoms with van der Waals surface area (Å²) in [6.07, 6.45) is 5.68. The van der Waals surface area contributed by atoms with Crippen molar-refractivity contribution < 1.29 is 1.37 Å². The molecule has 1 atom stereocenters. The Labute approximate surface area is 95.4 Å². The van der Waals surface area contributed by atoms with Crippen LogP contribution in [0.4, 0.5) is 0 Å². The number of hydrogen-bond donors (Lipinski definition) is 0. The highest BCUT2D eigenvalue weighted by Gasteiger charge is 2.31. The van der Waals surface area contributed by atoms with Crippen molar-refractivity contribution in [3.8, 4) is 0 Å². The third-order valence-electron chi connectivity index (χ3n) is 3.60. The average Bonchev–Trinajstić information content (AvgIpc) is 2.30. The van der Waals surface area contributed by atoms with Gasteiger partial charge >= 0.3 is 0 Å². The van der Waals surface area contributed by atoms with Crippen LogP contribution in [0.15, 0.2) is 42.5 Å². The van der Waals surface area contributed by atoms with E-state index in [-0.39, 0.29) is 0 Å². The maximum Gasteiger partial charge on any atom is 0.0873 e. The first-order valence-electron chi connectivity index (χ1n) is 6.33. The Hall–Kier alpha value is -0.823. The topological polar surface area (TPSA) is 0 Å². The molecular weight excluding hydrogens is 196 g/mol. The summed E-state index contributed by atoms with van der Waals surface area (Å²) in [6.45, 7) is 4.87. The monoisotopic (exact) mass is 217 g/mol. The molecule has 1 aliphatic rings. The van der Waals surface area contributed by atoms with Gasteiger partial charge in [0.1, 0.15) is 0 Å². The van der Waals surface area contributed by atoms with Crippen LogP contribution < -0.4 is 5.19 Å². The van der Waals surface area contributed by atoms with E-state index in [9.17, 15) is 0 Å². The molecule has 1 aromatic rings. The molecule has 1 aliphatic carbocycles. The standard InChI is InChI=1S/C14H20Si/c1-15(2,13-9-5-3-6-10-13)14-11-7-4-8-12-14/h3,5-7,9-11,14H,4,8,12H2,1-2H3/t14-/m1/s1/i7D. The van der Waals surface area contributed by atoms with Crippen LogP contribution in [0.1, 0.15) is 20.6 Å². The Kier molecular flexibility index (Phi) is 2.73. The van der Waals surface area contributed by atoms with Crippen molar-refractivity contribution in [2.45, 2.75) is 37.9 Å². The van der Waals surface area contributed by atoms with E-state index in [4.69, 9.17) is 1.37 Å². The second-order valence-corrected chi connectivity index (χ2v) is 9.72. The van der Waals surface area contributed by atoms with Crippen LogP contribution >= 0.6 is 0 Å². The van der Waals surface area contributed by atoms with Gasteiger partial charge in [0, 0.05) is 0 Å². The van der Waals surface area contributed by atoms with Gasteiger partial charge in [-0.3, -0.25) is 0 Å². The highest BCUT2D eigenvalue weighted by Crippen LogP contribution is 2.32. The zero-order chi connectivity index (χ0) is 11.6. The summed E-state index contributed by atoms with van der Waals surface area (Å²) in [7, 11) is -1.42. The van der Waals surface area contributed by atoms with E-state index in [0.29, 0.717) is 5.54 Å². The Morgan fingerprint density at radius 1 is 1.27 bits per heavy atom. The van der Waals surface area contributed by atoms with Crippen molar-refractivity contribution in [2.24, 2.45) is 0 Å². The molecule has 1 aromatic carbocycles. The lowest BCUT2D eigenvalue weighted by Gasteiger charge is -2.32. The quantitative estimate of drug-likeness (QED) is 0.523. The summed E-state index contributed by atoms with van der Waals surface area (Å²) in [5.74, 6) is 0. The van der Waals surface area contributed by atoms with Gasteiger partial charge in [-0.25, -0.2) is 0 Å². The van der Waals surface area contributed by atoms with E-state index < -0.39 is 8.07 Å². The lowest BCUT2D eigenvalue weighted by molar-refractivity contribution is 0.715. The zero-order valence-corrected chi connectivity index (χ0v) is 10.7. The van der Waals surface area contributed by atoms with Crippen molar-refractivity contribution >= 4 is 13.3 Å². The molecule has 0 unspecified atom stereocenters. The minimum atomic E-state index is -1.42. The SMILES string of the molecule is [2H]C1=C[C@@H]([Si](C)(C)c2ccccc2)CCC1. The molecule has 0 radical (unpaired) electrons. The first kappa shape index (κ1) is 9.41. The smallest absolute Gasteiger partial charge is 0.0873 e. The molecule has 0 nitrogen and oxygen atoms in total. The van der Waals surface area contributed by atoms with E-state index >= 15 is 0 Å². The predicted octanol–water partition coefficient (Wildman–Crippen LogP) is 3.71. The lowest BCUT2D eigenvalue weighted by atomic mass is 10.1. The molecule has 0 fully saturated rings. The van der Waals surface area contributed by atoms with E-state index in [1.54, 1.807) is 0 Å². The fourth-order valence-electron chi connectivity index (χ4n) is 2.38. The Bertz CT molecular complexity index is 381. The largest absolute Gasteiger partial charge is 0.0885 e. The molecule has 0 N–H and O–H groups in total. The molecule has 0 aliphatic heterocycles. The van der Waals surface area contributed by atoms with Crippen LogP contribution in [-0.2, 0) is 0 Å². The summed E-state index contributed by atoms with van der Waals surface area (Å²) in [5, 5.41) is 1.52. The summed E-state index contributed by atoms with van der Waals surface area (Å²) in [5.41, 5.74) is 0.649. The van der Waals surface area contributed by atoms with Crippen molar-refractivity contribution in [1.82, 2.24) is 0 Å². The van der Waals surface area contributed by atoms with Crippen LogP contribution in [0.2, 0.25) is 18.6 Å². The number of allylic oxidation sites excluding steroid dienone is 2. The summed E-state index contributed by atoms with van der Waals surface area (Å²) in [6, 6.07) is 11.7. The van der Waals surface area contributed by atoms with Gasteiger partial charge in [0.2, 0.25) is 0 Å². The van der Waals surface area contributed by atoms with Crippen molar-refractivity contribution in [3.05, 3.63) is 42.5 Å². The Morgan fingerprint density at radius 2 is 2.00 bits per heavy atom. The fourth-order valence-corrected chi connectivity index (χ4v) is 5.32. The van der Waals surface area contributed by atoms with Gasteiger partial charge < -0.3 is 0 Å². The lowest BCUT2D eigenvalue weighted by Crippen LogP contribution is -2.45. The van der Waals surface area contributed by atoms with Crippen LogP contribution in [0.5, 0.6) is 0 Å². The third kappa shape index (κ3) is 2.23. The molecule has 0 saturated heterocycles. The van der Waals surface area contributed by atoms with Gasteiger partial charge in [-0.1, -0.05) is 60.7 Å². The second kappa shape index (κ2) is 4.36. The van der Waals surface area contributed by atoms with Gasteiger partial charge in [0.05, 0.1) is 9.44 Å². The molecule has 0 aromatic heterocycles. The molecule has 0 bridgehead atoms. The van der Waals surface area contributed by atoms with Crippen LogP contribution in [0, 0.1) is 0 Å². The minimum absolute atomic E-state index is 0.649. The maximum atomic E-state index is 7.83. The molecule has 15 heavy (non-hydrogen) atoms. The first-order valence-corrected chi connectivity index (χ1v) is 8.91. The highest BCUT2D eigenvalue weighted by atomic mass is 28.3. The molecular formula is C14H20Si. The normalized spacial score (nSPS) is 23.2. The molecule has 2 rings (SSSR count). The van der Waals surface area contributed by atoms with E-state index in [1.807, 2.05) is 0 Å². The second-order valence-electron chi connectivity index (χ2n) is 4.96.